The third-order valence-corrected chi connectivity index (χ3v) is 4.17. The van der Waals surface area contributed by atoms with Crippen LogP contribution in [-0.2, 0) is 0 Å². The van der Waals surface area contributed by atoms with Crippen molar-refractivity contribution in [2.24, 2.45) is 0 Å². The zero-order chi connectivity index (χ0) is 17.6. The summed E-state index contributed by atoms with van der Waals surface area (Å²) in [5.41, 5.74) is 1.96. The van der Waals surface area contributed by atoms with E-state index in [2.05, 4.69) is 6.58 Å². The first-order valence-electron chi connectivity index (χ1n) is 7.68. The van der Waals surface area contributed by atoms with E-state index in [0.717, 1.165) is 10.4 Å². The van der Waals surface area contributed by atoms with Crippen molar-refractivity contribution >= 4 is 18.1 Å². The van der Waals surface area contributed by atoms with E-state index < -0.39 is 5.97 Å². The van der Waals surface area contributed by atoms with Crippen molar-refractivity contribution in [3.8, 4) is 17.2 Å². The molecule has 1 aliphatic heterocycles. The van der Waals surface area contributed by atoms with Crippen LogP contribution in [0.2, 0.25) is 0 Å². The van der Waals surface area contributed by atoms with Gasteiger partial charge in [0.1, 0.15) is 11.5 Å². The predicted molar refractivity (Wildman–Crippen MR) is 89.6 cm³/mol. The quantitative estimate of drug-likeness (QED) is 0.329. The molecular formula is C21H12Na2O4. The van der Waals surface area contributed by atoms with Crippen molar-refractivity contribution < 1.29 is 78.9 Å². The minimum atomic E-state index is -1.26. The molecule has 0 aliphatic carbocycles. The molecule has 3 aromatic rings. The number of hydrogen-bond donors (Lipinski definition) is 0. The van der Waals surface area contributed by atoms with Crippen LogP contribution in [-0.4, -0.2) is 5.97 Å². The summed E-state index contributed by atoms with van der Waals surface area (Å²) in [6.07, 6.45) is 0. The van der Waals surface area contributed by atoms with Crippen molar-refractivity contribution in [2.45, 2.75) is 0 Å². The average molecular weight is 374 g/mol. The van der Waals surface area contributed by atoms with Gasteiger partial charge in [-0.2, -0.15) is 0 Å². The summed E-state index contributed by atoms with van der Waals surface area (Å²) >= 11 is 0. The molecule has 0 N–H and O–H groups in total. The number of fused-ring (bicyclic) bond motifs is 2. The molecule has 0 bridgehead atoms. The van der Waals surface area contributed by atoms with Crippen molar-refractivity contribution in [2.75, 3.05) is 0 Å². The van der Waals surface area contributed by atoms with Gasteiger partial charge in [0.25, 0.3) is 0 Å². The van der Waals surface area contributed by atoms with Crippen LogP contribution >= 0.6 is 0 Å². The first-order chi connectivity index (χ1) is 12.0. The van der Waals surface area contributed by atoms with Gasteiger partial charge in [-0.25, -0.2) is 0 Å². The molecule has 3 aromatic carbocycles. The molecule has 6 heteroatoms. The first-order valence-corrected chi connectivity index (χ1v) is 7.68. The van der Waals surface area contributed by atoms with Crippen molar-refractivity contribution in [1.29, 1.82) is 0 Å². The summed E-state index contributed by atoms with van der Waals surface area (Å²) in [4.78, 5) is 11.6. The second-order valence-electron chi connectivity index (χ2n) is 5.80. The summed E-state index contributed by atoms with van der Waals surface area (Å²) in [6, 6.07) is 16.6. The molecule has 1 aliphatic rings. The van der Waals surface area contributed by atoms with E-state index in [9.17, 15) is 15.0 Å². The minimum absolute atomic E-state index is 0. The minimum Gasteiger partial charge on any atom is -0.872 e. The number of carbonyl (C=O) groups is 1. The van der Waals surface area contributed by atoms with Crippen LogP contribution in [0.15, 0.2) is 60.7 Å². The number of ether oxygens (including phenoxy) is 1. The Morgan fingerprint density at radius 3 is 2.37 bits per heavy atom. The topological polar surface area (TPSA) is 72.4 Å². The van der Waals surface area contributed by atoms with Crippen LogP contribution in [0.5, 0.6) is 17.2 Å². The summed E-state index contributed by atoms with van der Waals surface area (Å²) in [5, 5.41) is 24.8. The summed E-state index contributed by atoms with van der Waals surface area (Å²) < 4.78 is 5.87. The van der Waals surface area contributed by atoms with Gasteiger partial charge >= 0.3 is 59.1 Å². The SMILES string of the molecule is C=c1ccc2c(c1)Oc1cc([O-])ccc1C=2c1ccccc1C(=O)[O-].[Na+].[Na+]. The molecule has 4 nitrogen and oxygen atoms in total. The third kappa shape index (κ3) is 4.02. The molecule has 0 amide bonds. The van der Waals surface area contributed by atoms with Crippen LogP contribution in [0.4, 0.5) is 0 Å². The number of carboxylic acids is 1. The van der Waals surface area contributed by atoms with Crippen molar-refractivity contribution in [3.05, 3.63) is 87.8 Å². The molecule has 1 heterocycles. The standard InChI is InChI=1S/C21H14O4.2Na/c1-12-6-8-16-18(10-12)25-19-11-13(22)7-9-17(19)20(16)14-4-2-3-5-15(14)21(23)24;;/h2-11,22H,1H2,(H,23,24);;/q;2*+1/p-2. The predicted octanol–water partition coefficient (Wildman–Crippen LogP) is -5.10. The smallest absolute Gasteiger partial charge is 0.872 e. The van der Waals surface area contributed by atoms with E-state index in [-0.39, 0.29) is 70.4 Å². The number of carboxylic acid groups (broad SMARTS) is 1. The molecule has 4 rings (SSSR count). The number of benzene rings is 3. The van der Waals surface area contributed by atoms with Crippen LogP contribution in [0.3, 0.4) is 0 Å². The Morgan fingerprint density at radius 2 is 1.63 bits per heavy atom. The van der Waals surface area contributed by atoms with E-state index in [1.54, 1.807) is 30.3 Å². The summed E-state index contributed by atoms with van der Waals surface area (Å²) in [6.45, 7) is 3.89. The Kier molecular flexibility index (Phi) is 6.98. The number of carbonyl (C=O) groups excluding carboxylic acids is 1. The largest absolute Gasteiger partial charge is 1.00 e. The molecular weight excluding hydrogens is 362 g/mol. The summed E-state index contributed by atoms with van der Waals surface area (Å²) in [7, 11) is 0. The molecule has 0 radical (unpaired) electrons. The van der Waals surface area contributed by atoms with Gasteiger partial charge in [0.05, 0.1) is 5.97 Å². The van der Waals surface area contributed by atoms with Crippen LogP contribution in [0, 0.1) is 0 Å². The maximum absolute atomic E-state index is 11.7. The summed E-state index contributed by atoms with van der Waals surface area (Å²) in [5.74, 6) is -0.505. The fraction of sp³-hybridized carbons (Fsp3) is 0. The third-order valence-electron chi connectivity index (χ3n) is 4.17. The van der Waals surface area contributed by atoms with Crippen LogP contribution < -0.4 is 84.5 Å². The molecule has 0 saturated heterocycles. The van der Waals surface area contributed by atoms with Crippen molar-refractivity contribution in [3.63, 3.8) is 0 Å². The van der Waals surface area contributed by atoms with Crippen LogP contribution in [0.25, 0.3) is 12.2 Å². The van der Waals surface area contributed by atoms with Gasteiger partial charge in [-0.3, -0.25) is 0 Å². The Morgan fingerprint density at radius 1 is 0.889 bits per heavy atom. The molecule has 27 heavy (non-hydrogen) atoms. The number of aromatic carboxylic acids is 1. The second kappa shape index (κ2) is 8.65. The molecule has 0 fully saturated rings. The van der Waals surface area contributed by atoms with Crippen LogP contribution in [0.1, 0.15) is 21.5 Å². The fourth-order valence-corrected chi connectivity index (χ4v) is 3.08. The molecule has 0 spiro atoms. The Hall–Kier alpha value is -1.53. The molecule has 0 unspecified atom stereocenters. The Bertz CT molecular complexity index is 1140. The average Bonchev–Trinajstić information content (AvgIpc) is 2.59. The monoisotopic (exact) mass is 374 g/mol. The number of hydrogen-bond acceptors (Lipinski definition) is 4. The van der Waals surface area contributed by atoms with Gasteiger partial charge in [-0.15, -0.1) is 5.75 Å². The fourth-order valence-electron chi connectivity index (χ4n) is 3.08. The molecule has 0 atom stereocenters. The maximum atomic E-state index is 11.7. The Labute approximate surface area is 200 Å². The van der Waals surface area contributed by atoms with E-state index in [1.165, 1.54) is 18.2 Å². The van der Waals surface area contributed by atoms with E-state index in [0.29, 0.717) is 28.2 Å². The Balaban J connectivity index is 0.00000131. The van der Waals surface area contributed by atoms with Gasteiger partial charge < -0.3 is 19.7 Å². The van der Waals surface area contributed by atoms with Gasteiger partial charge in [0, 0.05) is 21.9 Å². The zero-order valence-electron chi connectivity index (χ0n) is 15.1. The van der Waals surface area contributed by atoms with Crippen molar-refractivity contribution in [1.82, 2.24) is 0 Å². The van der Waals surface area contributed by atoms with Gasteiger partial charge in [-0.1, -0.05) is 55.1 Å². The second-order valence-corrected chi connectivity index (χ2v) is 5.80. The van der Waals surface area contributed by atoms with Gasteiger partial charge in [-0.05, 0) is 22.9 Å². The zero-order valence-corrected chi connectivity index (χ0v) is 19.1. The number of rotatable bonds is 2. The normalized spacial score (nSPS) is 11.2. The van der Waals surface area contributed by atoms with Gasteiger partial charge in [0.2, 0.25) is 0 Å². The maximum Gasteiger partial charge on any atom is 1.00 e. The molecule has 0 aromatic heterocycles. The van der Waals surface area contributed by atoms with E-state index in [4.69, 9.17) is 4.74 Å². The van der Waals surface area contributed by atoms with Gasteiger partial charge in [0.15, 0.2) is 0 Å². The molecule has 122 valence electrons. The van der Waals surface area contributed by atoms with E-state index >= 15 is 0 Å². The first kappa shape index (κ1) is 21.8. The molecule has 0 saturated carbocycles. The van der Waals surface area contributed by atoms with E-state index in [1.807, 2.05) is 12.1 Å².